The van der Waals surface area contributed by atoms with Gasteiger partial charge in [0.05, 0.1) is 25.3 Å². The summed E-state index contributed by atoms with van der Waals surface area (Å²) in [6.07, 6.45) is 0. The lowest BCUT2D eigenvalue weighted by atomic mass is 10.0. The topological polar surface area (TPSA) is 44.5 Å². The molecule has 0 aliphatic carbocycles. The van der Waals surface area contributed by atoms with Crippen LogP contribution in [0.15, 0.2) is 23.6 Å². The monoisotopic (exact) mass is 297 g/mol. The Balaban J connectivity index is 2.43. The summed E-state index contributed by atoms with van der Waals surface area (Å²) >= 11 is 7.84. The van der Waals surface area contributed by atoms with Crippen LogP contribution in [0.1, 0.15) is 22.0 Å². The van der Waals surface area contributed by atoms with Gasteiger partial charge in [-0.2, -0.15) is 0 Å². The average molecular weight is 298 g/mol. The molecule has 0 aliphatic heterocycles. The van der Waals surface area contributed by atoms with E-state index in [-0.39, 0.29) is 6.04 Å². The molecule has 1 aromatic heterocycles. The molecule has 0 bridgehead atoms. The largest absolute Gasteiger partial charge is 0.497 e. The third-order valence-corrected chi connectivity index (χ3v) is 4.74. The highest BCUT2D eigenvalue weighted by Gasteiger charge is 2.17. The third kappa shape index (κ3) is 2.86. The Morgan fingerprint density at radius 2 is 1.74 bits per heavy atom. The van der Waals surface area contributed by atoms with E-state index >= 15 is 0 Å². The first kappa shape index (κ1) is 14.2. The fraction of sp³-hybridized carbons (Fsp3) is 0.286. The molecular formula is C14H16ClNO2S. The Morgan fingerprint density at radius 3 is 2.16 bits per heavy atom. The maximum absolute atomic E-state index is 6.29. The van der Waals surface area contributed by atoms with Gasteiger partial charge >= 0.3 is 0 Å². The molecule has 5 heteroatoms. The van der Waals surface area contributed by atoms with Gasteiger partial charge in [-0.15, -0.1) is 11.3 Å². The van der Waals surface area contributed by atoms with Gasteiger partial charge in [0, 0.05) is 10.9 Å². The third-order valence-electron chi connectivity index (χ3n) is 2.94. The molecule has 0 radical (unpaired) electrons. The van der Waals surface area contributed by atoms with Crippen LogP contribution >= 0.6 is 22.9 Å². The van der Waals surface area contributed by atoms with Crippen molar-refractivity contribution in [2.24, 2.45) is 5.73 Å². The molecule has 2 aromatic rings. The van der Waals surface area contributed by atoms with E-state index in [1.54, 1.807) is 25.6 Å². The predicted octanol–water partition coefficient (Wildman–Crippen LogP) is 3.78. The summed E-state index contributed by atoms with van der Waals surface area (Å²) in [5.41, 5.74) is 8.26. The normalized spacial score (nSPS) is 12.3. The van der Waals surface area contributed by atoms with E-state index in [2.05, 4.69) is 0 Å². The van der Waals surface area contributed by atoms with E-state index < -0.39 is 0 Å². The lowest BCUT2D eigenvalue weighted by molar-refractivity contribution is 0.393. The molecule has 2 N–H and O–H groups in total. The summed E-state index contributed by atoms with van der Waals surface area (Å²) in [4.78, 5) is 0.953. The molecule has 0 amide bonds. The second-order valence-electron chi connectivity index (χ2n) is 4.22. The molecule has 1 heterocycles. The van der Waals surface area contributed by atoms with Gasteiger partial charge in [0.25, 0.3) is 0 Å². The Kier molecular flexibility index (Phi) is 4.34. The van der Waals surface area contributed by atoms with Gasteiger partial charge in [-0.25, -0.2) is 0 Å². The maximum atomic E-state index is 6.29. The number of nitrogens with two attached hydrogens (primary N) is 1. The van der Waals surface area contributed by atoms with Gasteiger partial charge in [0.2, 0.25) is 0 Å². The fourth-order valence-electron chi connectivity index (χ4n) is 1.82. The Morgan fingerprint density at radius 1 is 1.16 bits per heavy atom. The molecule has 0 spiro atoms. The van der Waals surface area contributed by atoms with Gasteiger partial charge in [-0.3, -0.25) is 0 Å². The number of aryl methyl sites for hydroxylation is 1. The molecule has 2 rings (SSSR count). The smallest absolute Gasteiger partial charge is 0.122 e. The predicted molar refractivity (Wildman–Crippen MR) is 79.6 cm³/mol. The van der Waals surface area contributed by atoms with Gasteiger partial charge in [-0.1, -0.05) is 11.6 Å². The molecule has 102 valence electrons. The van der Waals surface area contributed by atoms with E-state index in [1.807, 2.05) is 30.5 Å². The van der Waals surface area contributed by atoms with Crippen molar-refractivity contribution in [1.82, 2.24) is 0 Å². The van der Waals surface area contributed by atoms with Crippen molar-refractivity contribution in [2.75, 3.05) is 14.2 Å². The first-order valence-electron chi connectivity index (χ1n) is 5.78. The molecule has 3 nitrogen and oxygen atoms in total. The summed E-state index contributed by atoms with van der Waals surface area (Å²) in [5, 5.41) is 2.74. The zero-order valence-corrected chi connectivity index (χ0v) is 12.6. The van der Waals surface area contributed by atoms with Crippen LogP contribution in [0.4, 0.5) is 0 Å². The molecule has 1 unspecified atom stereocenters. The summed E-state index contributed by atoms with van der Waals surface area (Å²) < 4.78 is 10.5. The van der Waals surface area contributed by atoms with Crippen molar-refractivity contribution in [3.8, 4) is 11.5 Å². The minimum absolute atomic E-state index is 0.282. The summed E-state index contributed by atoms with van der Waals surface area (Å²) in [6, 6.07) is 5.34. The Hall–Kier alpha value is -1.23. The van der Waals surface area contributed by atoms with Gasteiger partial charge < -0.3 is 15.2 Å². The highest BCUT2D eigenvalue weighted by Crippen LogP contribution is 2.36. The molecule has 0 saturated heterocycles. The zero-order valence-electron chi connectivity index (χ0n) is 11.1. The number of benzene rings is 1. The van der Waals surface area contributed by atoms with Gasteiger partial charge in [0.15, 0.2) is 0 Å². The van der Waals surface area contributed by atoms with Crippen LogP contribution in [0, 0.1) is 6.92 Å². The van der Waals surface area contributed by atoms with Gasteiger partial charge in [0.1, 0.15) is 11.5 Å². The van der Waals surface area contributed by atoms with Crippen molar-refractivity contribution in [3.05, 3.63) is 44.6 Å². The summed E-state index contributed by atoms with van der Waals surface area (Å²) in [7, 11) is 3.23. The molecule has 0 saturated carbocycles. The summed E-state index contributed by atoms with van der Waals surface area (Å²) in [6.45, 7) is 1.97. The average Bonchev–Trinajstić information content (AvgIpc) is 2.77. The van der Waals surface area contributed by atoms with Crippen LogP contribution in [0.25, 0.3) is 0 Å². The van der Waals surface area contributed by atoms with E-state index in [9.17, 15) is 0 Å². The van der Waals surface area contributed by atoms with Crippen LogP contribution in [-0.4, -0.2) is 14.2 Å². The SMILES string of the molecule is COc1cc(OC)cc(C(N)c2scc(C)c2Cl)c1. The second kappa shape index (κ2) is 5.82. The van der Waals surface area contributed by atoms with Crippen molar-refractivity contribution < 1.29 is 9.47 Å². The highest BCUT2D eigenvalue weighted by molar-refractivity contribution is 7.10. The number of thiophene rings is 1. The Bertz CT molecular complexity index is 561. The molecule has 1 atom stereocenters. The van der Waals surface area contributed by atoms with Gasteiger partial charge in [-0.05, 0) is 35.6 Å². The fourth-order valence-corrected chi connectivity index (χ4v) is 3.16. The number of hydrogen-bond acceptors (Lipinski definition) is 4. The lowest BCUT2D eigenvalue weighted by Crippen LogP contribution is -2.11. The van der Waals surface area contributed by atoms with Crippen LogP contribution in [0.2, 0.25) is 5.02 Å². The lowest BCUT2D eigenvalue weighted by Gasteiger charge is -2.14. The molecule has 19 heavy (non-hydrogen) atoms. The maximum Gasteiger partial charge on any atom is 0.122 e. The number of hydrogen-bond donors (Lipinski definition) is 1. The van der Waals surface area contributed by atoms with E-state index in [1.165, 1.54) is 0 Å². The quantitative estimate of drug-likeness (QED) is 0.934. The summed E-state index contributed by atoms with van der Waals surface area (Å²) in [5.74, 6) is 1.43. The standard InChI is InChI=1S/C14H16ClNO2S/c1-8-7-19-14(12(8)15)13(16)9-4-10(17-2)6-11(5-9)18-3/h4-7,13H,16H2,1-3H3. The number of methoxy groups -OCH3 is 2. The van der Waals surface area contributed by atoms with Crippen LogP contribution < -0.4 is 15.2 Å². The molecule has 1 aromatic carbocycles. The first-order chi connectivity index (χ1) is 9.06. The van der Waals surface area contributed by atoms with Crippen molar-refractivity contribution in [2.45, 2.75) is 13.0 Å². The highest BCUT2D eigenvalue weighted by atomic mass is 35.5. The Labute approximate surface area is 121 Å². The number of halogens is 1. The van der Waals surface area contributed by atoms with E-state index in [4.69, 9.17) is 26.8 Å². The van der Waals surface area contributed by atoms with E-state index in [0.29, 0.717) is 11.5 Å². The molecular weight excluding hydrogens is 282 g/mol. The van der Waals surface area contributed by atoms with Crippen LogP contribution in [0.3, 0.4) is 0 Å². The molecule has 0 fully saturated rings. The van der Waals surface area contributed by atoms with Crippen LogP contribution in [-0.2, 0) is 0 Å². The number of rotatable bonds is 4. The van der Waals surface area contributed by atoms with Crippen molar-refractivity contribution in [1.29, 1.82) is 0 Å². The van der Waals surface area contributed by atoms with Crippen LogP contribution in [0.5, 0.6) is 11.5 Å². The minimum atomic E-state index is -0.282. The second-order valence-corrected chi connectivity index (χ2v) is 5.51. The first-order valence-corrected chi connectivity index (χ1v) is 7.04. The zero-order chi connectivity index (χ0) is 14.0. The van der Waals surface area contributed by atoms with Crippen molar-refractivity contribution in [3.63, 3.8) is 0 Å². The minimum Gasteiger partial charge on any atom is -0.497 e. The van der Waals surface area contributed by atoms with Crippen molar-refractivity contribution >= 4 is 22.9 Å². The number of ether oxygens (including phenoxy) is 2. The molecule has 0 aliphatic rings. The van der Waals surface area contributed by atoms with E-state index in [0.717, 1.165) is 21.0 Å².